The Morgan fingerprint density at radius 2 is 1.77 bits per heavy atom. The van der Waals surface area contributed by atoms with Gasteiger partial charge in [-0.15, -0.1) is 0 Å². The fraction of sp³-hybridized carbons (Fsp3) is 0.462. The maximum atomic E-state index is 13.5. The highest BCUT2D eigenvalue weighted by atomic mass is 16.5. The summed E-state index contributed by atoms with van der Waals surface area (Å²) in [6.45, 7) is 5.78. The van der Waals surface area contributed by atoms with Crippen LogP contribution in [0.2, 0.25) is 0 Å². The Balaban J connectivity index is 1.39. The third-order valence-electron chi connectivity index (χ3n) is 6.82. The lowest BCUT2D eigenvalue weighted by molar-refractivity contribution is 0.0296. The number of aryl methyl sites for hydroxylation is 4. The second-order valence-electron chi connectivity index (χ2n) is 9.26. The van der Waals surface area contributed by atoms with Gasteiger partial charge in [-0.05, 0) is 31.4 Å². The van der Waals surface area contributed by atoms with Gasteiger partial charge in [-0.1, -0.05) is 30.3 Å². The molecule has 4 heterocycles. The molecule has 2 aromatic heterocycles. The highest BCUT2D eigenvalue weighted by Gasteiger charge is 2.33. The van der Waals surface area contributed by atoms with E-state index >= 15 is 0 Å². The molecule has 0 aliphatic carbocycles. The van der Waals surface area contributed by atoms with Crippen molar-refractivity contribution in [1.82, 2.24) is 29.4 Å². The van der Waals surface area contributed by atoms with Gasteiger partial charge in [0.1, 0.15) is 5.69 Å². The van der Waals surface area contributed by atoms with E-state index < -0.39 is 0 Å². The zero-order valence-corrected chi connectivity index (χ0v) is 20.4. The number of rotatable bonds is 6. The topological polar surface area (TPSA) is 85.5 Å². The molecule has 9 heteroatoms. The van der Waals surface area contributed by atoms with E-state index in [1.807, 2.05) is 33.5 Å². The lowest BCUT2D eigenvalue weighted by atomic mass is 10.0. The van der Waals surface area contributed by atoms with Gasteiger partial charge in [0.05, 0.1) is 25.5 Å². The monoisotopic (exact) mass is 476 g/mol. The van der Waals surface area contributed by atoms with Gasteiger partial charge in [0.15, 0.2) is 5.69 Å². The van der Waals surface area contributed by atoms with E-state index in [2.05, 4.69) is 29.4 Å². The molecule has 1 aromatic carbocycles. The fourth-order valence-electron chi connectivity index (χ4n) is 4.99. The highest BCUT2D eigenvalue weighted by Crippen LogP contribution is 2.26. The molecule has 2 amide bonds. The third-order valence-corrected chi connectivity index (χ3v) is 6.82. The Hall–Kier alpha value is -3.46. The Kier molecular flexibility index (Phi) is 6.68. The summed E-state index contributed by atoms with van der Waals surface area (Å²) in [5, 5.41) is 9.14. The minimum atomic E-state index is -0.0722. The van der Waals surface area contributed by atoms with E-state index in [1.54, 1.807) is 11.7 Å². The van der Waals surface area contributed by atoms with Crippen LogP contribution in [0.1, 0.15) is 49.9 Å². The SMILES string of the molecule is Cc1cc(C(=O)N2CCc3c(c(C(=O)N4CCOCC4)nn3CCCc3ccccc3)C2)n(C)n1. The van der Waals surface area contributed by atoms with Gasteiger partial charge in [0.2, 0.25) is 0 Å². The molecule has 0 saturated carbocycles. The summed E-state index contributed by atoms with van der Waals surface area (Å²) in [5.74, 6) is -0.141. The van der Waals surface area contributed by atoms with Gasteiger partial charge in [-0.2, -0.15) is 10.2 Å². The molecule has 0 radical (unpaired) electrons. The number of ether oxygens (including phenoxy) is 1. The molecule has 0 spiro atoms. The molecular formula is C26H32N6O3. The average Bonchev–Trinajstić information content (AvgIpc) is 3.42. The lowest BCUT2D eigenvalue weighted by Gasteiger charge is -2.29. The summed E-state index contributed by atoms with van der Waals surface area (Å²) >= 11 is 0. The number of carbonyl (C=O) groups excluding carboxylic acids is 2. The molecule has 0 bridgehead atoms. The minimum absolute atomic E-state index is 0.0691. The van der Waals surface area contributed by atoms with Gasteiger partial charge in [-0.3, -0.25) is 19.0 Å². The van der Waals surface area contributed by atoms with Crippen LogP contribution < -0.4 is 0 Å². The number of morpholine rings is 1. The summed E-state index contributed by atoms with van der Waals surface area (Å²) in [7, 11) is 1.79. The number of fused-ring (bicyclic) bond motifs is 1. The molecule has 35 heavy (non-hydrogen) atoms. The first-order chi connectivity index (χ1) is 17.0. The normalized spacial score (nSPS) is 15.8. The van der Waals surface area contributed by atoms with E-state index in [-0.39, 0.29) is 11.8 Å². The van der Waals surface area contributed by atoms with Crippen molar-refractivity contribution in [3.8, 4) is 0 Å². The molecule has 3 aromatic rings. The number of carbonyl (C=O) groups is 2. The van der Waals surface area contributed by atoms with E-state index in [0.717, 1.165) is 36.3 Å². The first-order valence-electron chi connectivity index (χ1n) is 12.3. The van der Waals surface area contributed by atoms with Crippen molar-refractivity contribution >= 4 is 11.8 Å². The van der Waals surface area contributed by atoms with E-state index in [9.17, 15) is 9.59 Å². The molecule has 184 valence electrons. The fourth-order valence-corrected chi connectivity index (χ4v) is 4.99. The van der Waals surface area contributed by atoms with Gasteiger partial charge in [-0.25, -0.2) is 0 Å². The average molecular weight is 477 g/mol. The van der Waals surface area contributed by atoms with Crippen LogP contribution in [0, 0.1) is 6.92 Å². The maximum absolute atomic E-state index is 13.5. The van der Waals surface area contributed by atoms with Crippen molar-refractivity contribution in [2.24, 2.45) is 7.05 Å². The zero-order valence-electron chi connectivity index (χ0n) is 20.4. The summed E-state index contributed by atoms with van der Waals surface area (Å²) < 4.78 is 9.06. The molecule has 5 rings (SSSR count). The molecule has 0 unspecified atom stereocenters. The maximum Gasteiger partial charge on any atom is 0.274 e. The van der Waals surface area contributed by atoms with Crippen LogP contribution in [-0.2, 0) is 37.7 Å². The zero-order chi connectivity index (χ0) is 24.4. The van der Waals surface area contributed by atoms with Crippen LogP contribution in [0.15, 0.2) is 36.4 Å². The highest BCUT2D eigenvalue weighted by molar-refractivity contribution is 5.95. The van der Waals surface area contributed by atoms with Crippen LogP contribution in [0.4, 0.5) is 0 Å². The summed E-state index contributed by atoms with van der Waals surface area (Å²) in [6, 6.07) is 12.2. The van der Waals surface area contributed by atoms with Crippen LogP contribution >= 0.6 is 0 Å². The first kappa shape index (κ1) is 23.3. The molecular weight excluding hydrogens is 444 g/mol. The number of hydrogen-bond donors (Lipinski definition) is 0. The van der Waals surface area contributed by atoms with Crippen molar-refractivity contribution in [2.75, 3.05) is 32.8 Å². The van der Waals surface area contributed by atoms with E-state index in [1.165, 1.54) is 5.56 Å². The Bertz CT molecular complexity index is 1210. The minimum Gasteiger partial charge on any atom is -0.378 e. The van der Waals surface area contributed by atoms with Crippen LogP contribution in [0.3, 0.4) is 0 Å². The van der Waals surface area contributed by atoms with Gasteiger partial charge in [0, 0.05) is 50.9 Å². The Morgan fingerprint density at radius 1 is 1.00 bits per heavy atom. The third kappa shape index (κ3) is 4.86. The van der Waals surface area contributed by atoms with Gasteiger partial charge >= 0.3 is 0 Å². The molecule has 1 saturated heterocycles. The van der Waals surface area contributed by atoms with Crippen LogP contribution in [-0.4, -0.2) is 74.0 Å². The Labute approximate surface area is 205 Å². The molecule has 0 atom stereocenters. The predicted molar refractivity (Wildman–Crippen MR) is 130 cm³/mol. The Morgan fingerprint density at radius 3 is 2.49 bits per heavy atom. The quantitative estimate of drug-likeness (QED) is 0.545. The van der Waals surface area contributed by atoms with Crippen molar-refractivity contribution in [1.29, 1.82) is 0 Å². The molecule has 9 nitrogen and oxygen atoms in total. The predicted octanol–water partition coefficient (Wildman–Crippen LogP) is 2.23. The molecule has 1 fully saturated rings. The second kappa shape index (κ2) is 10.0. The largest absolute Gasteiger partial charge is 0.378 e. The van der Waals surface area contributed by atoms with Crippen molar-refractivity contribution in [3.05, 3.63) is 70.3 Å². The van der Waals surface area contributed by atoms with Crippen molar-refractivity contribution in [2.45, 2.75) is 39.3 Å². The van der Waals surface area contributed by atoms with E-state index in [4.69, 9.17) is 9.84 Å². The number of aromatic nitrogens is 4. The summed E-state index contributed by atoms with van der Waals surface area (Å²) in [6.07, 6.45) is 2.56. The number of hydrogen-bond acceptors (Lipinski definition) is 5. The van der Waals surface area contributed by atoms with E-state index in [0.29, 0.717) is 57.2 Å². The smallest absolute Gasteiger partial charge is 0.274 e. The summed E-state index contributed by atoms with van der Waals surface area (Å²) in [4.78, 5) is 30.4. The van der Waals surface area contributed by atoms with Gasteiger partial charge in [0.25, 0.3) is 11.8 Å². The van der Waals surface area contributed by atoms with Crippen LogP contribution in [0.5, 0.6) is 0 Å². The second-order valence-corrected chi connectivity index (χ2v) is 9.26. The number of nitrogens with zero attached hydrogens (tertiary/aromatic N) is 6. The number of amides is 2. The van der Waals surface area contributed by atoms with Crippen LogP contribution in [0.25, 0.3) is 0 Å². The number of benzene rings is 1. The molecule has 0 N–H and O–H groups in total. The molecule has 2 aliphatic heterocycles. The first-order valence-corrected chi connectivity index (χ1v) is 12.3. The standard InChI is InChI=1S/C26H32N6O3/c1-19-17-23(29(2)27-19)25(33)31-12-10-22-21(18-31)24(26(34)30-13-15-35-16-14-30)28-32(22)11-6-9-20-7-4-3-5-8-20/h3-5,7-8,17H,6,9-16,18H2,1-2H3. The lowest BCUT2D eigenvalue weighted by Crippen LogP contribution is -2.42. The van der Waals surface area contributed by atoms with Gasteiger partial charge < -0.3 is 14.5 Å². The summed E-state index contributed by atoms with van der Waals surface area (Å²) in [5.41, 5.74) is 5.08. The van der Waals surface area contributed by atoms with Crippen molar-refractivity contribution < 1.29 is 14.3 Å². The molecule has 2 aliphatic rings. The van der Waals surface area contributed by atoms with Crippen molar-refractivity contribution in [3.63, 3.8) is 0 Å².